The van der Waals surface area contributed by atoms with E-state index in [-0.39, 0.29) is 0 Å². The molecular weight excluding hydrogens is 244 g/mol. The maximum absolute atomic E-state index is 11.7. The highest BCUT2D eigenvalue weighted by Gasteiger charge is 2.48. The van der Waals surface area contributed by atoms with Crippen LogP contribution in [0.25, 0.3) is 0 Å². The first-order valence-electron chi connectivity index (χ1n) is 6.44. The van der Waals surface area contributed by atoms with Crippen molar-refractivity contribution in [1.29, 1.82) is 0 Å². The second-order valence-corrected chi connectivity index (χ2v) is 5.15. The molecule has 0 atom stereocenters. The zero-order valence-electron chi connectivity index (χ0n) is 11.9. The molecule has 1 aromatic rings. The van der Waals surface area contributed by atoms with Crippen molar-refractivity contribution in [2.24, 2.45) is 0 Å². The van der Waals surface area contributed by atoms with Crippen LogP contribution in [0.3, 0.4) is 0 Å². The van der Waals surface area contributed by atoms with Gasteiger partial charge in [0.25, 0.3) is 0 Å². The van der Waals surface area contributed by atoms with E-state index in [9.17, 15) is 9.90 Å². The molecule has 1 fully saturated rings. The number of carboxylic acid groups (broad SMARTS) is 1. The van der Waals surface area contributed by atoms with Gasteiger partial charge in [-0.1, -0.05) is 6.42 Å². The van der Waals surface area contributed by atoms with E-state index >= 15 is 0 Å². The minimum absolute atomic E-state index is 0.657. The summed E-state index contributed by atoms with van der Waals surface area (Å²) in [7, 11) is 3.19. The molecule has 4 nitrogen and oxygen atoms in total. The fourth-order valence-electron chi connectivity index (χ4n) is 2.82. The predicted molar refractivity (Wildman–Crippen MR) is 72.2 cm³/mol. The van der Waals surface area contributed by atoms with Crippen LogP contribution in [0.4, 0.5) is 0 Å². The van der Waals surface area contributed by atoms with Gasteiger partial charge in [-0.05, 0) is 43.9 Å². The summed E-state index contributed by atoms with van der Waals surface area (Å²) >= 11 is 0. The zero-order valence-corrected chi connectivity index (χ0v) is 11.9. The highest BCUT2D eigenvalue weighted by Crippen LogP contribution is 2.50. The van der Waals surface area contributed by atoms with E-state index in [1.54, 1.807) is 14.2 Å². The Balaban J connectivity index is 2.68. The van der Waals surface area contributed by atoms with E-state index in [1.807, 2.05) is 19.9 Å². The summed E-state index contributed by atoms with van der Waals surface area (Å²) in [5.74, 6) is 0.628. The fraction of sp³-hybridized carbons (Fsp3) is 0.533. The van der Waals surface area contributed by atoms with Crippen molar-refractivity contribution < 1.29 is 19.4 Å². The smallest absolute Gasteiger partial charge is 0.314 e. The lowest BCUT2D eigenvalue weighted by Gasteiger charge is -2.39. The van der Waals surface area contributed by atoms with E-state index in [2.05, 4.69) is 0 Å². The number of ether oxygens (including phenoxy) is 2. The second kappa shape index (κ2) is 4.76. The van der Waals surface area contributed by atoms with Gasteiger partial charge in [0.2, 0.25) is 0 Å². The van der Waals surface area contributed by atoms with Crippen LogP contribution >= 0.6 is 0 Å². The van der Waals surface area contributed by atoms with Crippen molar-refractivity contribution in [1.82, 2.24) is 0 Å². The van der Waals surface area contributed by atoms with Crippen molar-refractivity contribution in [2.75, 3.05) is 14.2 Å². The molecule has 19 heavy (non-hydrogen) atoms. The van der Waals surface area contributed by atoms with Crippen LogP contribution in [0.2, 0.25) is 0 Å². The highest BCUT2D eigenvalue weighted by atomic mass is 16.5. The second-order valence-electron chi connectivity index (χ2n) is 5.15. The summed E-state index contributed by atoms with van der Waals surface area (Å²) in [4.78, 5) is 11.7. The third kappa shape index (κ3) is 1.86. The van der Waals surface area contributed by atoms with Gasteiger partial charge >= 0.3 is 5.97 Å². The van der Waals surface area contributed by atoms with E-state index in [4.69, 9.17) is 9.47 Å². The van der Waals surface area contributed by atoms with E-state index in [0.29, 0.717) is 18.6 Å². The fourth-order valence-corrected chi connectivity index (χ4v) is 2.82. The first-order valence-corrected chi connectivity index (χ1v) is 6.44. The number of hydrogen-bond acceptors (Lipinski definition) is 3. The van der Waals surface area contributed by atoms with E-state index < -0.39 is 11.4 Å². The minimum atomic E-state index is -0.808. The van der Waals surface area contributed by atoms with Gasteiger partial charge in [0.15, 0.2) is 0 Å². The average Bonchev–Trinajstić information content (AvgIpc) is 2.31. The molecule has 4 heteroatoms. The first kappa shape index (κ1) is 13.7. The van der Waals surface area contributed by atoms with Gasteiger partial charge in [-0.15, -0.1) is 0 Å². The summed E-state index contributed by atoms with van der Waals surface area (Å²) in [6, 6.07) is 1.83. The lowest BCUT2D eigenvalue weighted by molar-refractivity contribution is -0.147. The van der Waals surface area contributed by atoms with E-state index in [0.717, 1.165) is 28.9 Å². The van der Waals surface area contributed by atoms with Gasteiger partial charge in [0.1, 0.15) is 11.5 Å². The molecule has 0 bridgehead atoms. The molecule has 0 saturated heterocycles. The largest absolute Gasteiger partial charge is 0.496 e. The maximum atomic E-state index is 11.7. The molecule has 1 aromatic carbocycles. The van der Waals surface area contributed by atoms with Gasteiger partial charge in [0.05, 0.1) is 19.6 Å². The standard InChI is InChI=1S/C15H20O4/c1-9-10(2)13(19-4)11(8-12(9)18-3)15(14(16)17)6-5-7-15/h8H,5-7H2,1-4H3,(H,16,17). The lowest BCUT2D eigenvalue weighted by Crippen LogP contribution is -2.42. The molecule has 1 aliphatic carbocycles. The molecular formula is C15H20O4. The van der Waals surface area contributed by atoms with Crippen molar-refractivity contribution >= 4 is 5.97 Å². The number of carboxylic acids is 1. The van der Waals surface area contributed by atoms with Crippen LogP contribution in [0.5, 0.6) is 11.5 Å². The van der Waals surface area contributed by atoms with Gasteiger partial charge in [-0.25, -0.2) is 0 Å². The van der Waals surface area contributed by atoms with E-state index in [1.165, 1.54) is 0 Å². The molecule has 104 valence electrons. The Morgan fingerprint density at radius 1 is 1.21 bits per heavy atom. The topological polar surface area (TPSA) is 55.8 Å². The molecule has 0 unspecified atom stereocenters. The third-order valence-corrected chi connectivity index (χ3v) is 4.35. The molecule has 2 rings (SSSR count). The Kier molecular flexibility index (Phi) is 3.43. The van der Waals surface area contributed by atoms with Crippen LogP contribution in [-0.2, 0) is 10.2 Å². The molecule has 0 aliphatic heterocycles. The summed E-state index contributed by atoms with van der Waals surface area (Å²) in [6.45, 7) is 3.89. The molecule has 0 radical (unpaired) electrons. The summed E-state index contributed by atoms with van der Waals surface area (Å²) < 4.78 is 10.8. The predicted octanol–water partition coefficient (Wildman–Crippen LogP) is 2.83. The number of benzene rings is 1. The number of methoxy groups -OCH3 is 2. The third-order valence-electron chi connectivity index (χ3n) is 4.35. The highest BCUT2D eigenvalue weighted by molar-refractivity contribution is 5.84. The molecule has 1 saturated carbocycles. The normalized spacial score (nSPS) is 16.6. The van der Waals surface area contributed by atoms with Crippen LogP contribution in [0.1, 0.15) is 36.0 Å². The van der Waals surface area contributed by atoms with Crippen molar-refractivity contribution in [3.05, 3.63) is 22.8 Å². The van der Waals surface area contributed by atoms with Crippen molar-refractivity contribution in [3.8, 4) is 11.5 Å². The van der Waals surface area contributed by atoms with Gasteiger partial charge in [-0.2, -0.15) is 0 Å². The molecule has 0 spiro atoms. The quantitative estimate of drug-likeness (QED) is 0.908. The number of carbonyl (C=O) groups is 1. The Bertz CT molecular complexity index is 515. The molecule has 1 aliphatic rings. The summed E-state index contributed by atoms with van der Waals surface area (Å²) in [5.41, 5.74) is 1.87. The zero-order chi connectivity index (χ0) is 14.2. The Morgan fingerprint density at radius 3 is 2.21 bits per heavy atom. The molecule has 1 N–H and O–H groups in total. The van der Waals surface area contributed by atoms with Crippen LogP contribution in [-0.4, -0.2) is 25.3 Å². The monoisotopic (exact) mass is 264 g/mol. The lowest BCUT2D eigenvalue weighted by atomic mass is 9.63. The van der Waals surface area contributed by atoms with Gasteiger partial charge in [0, 0.05) is 5.56 Å². The van der Waals surface area contributed by atoms with Crippen LogP contribution in [0, 0.1) is 13.8 Å². The Hall–Kier alpha value is -1.71. The summed E-state index contributed by atoms with van der Waals surface area (Å²) in [5, 5.41) is 9.58. The number of hydrogen-bond donors (Lipinski definition) is 1. The maximum Gasteiger partial charge on any atom is 0.314 e. The van der Waals surface area contributed by atoms with Crippen LogP contribution in [0.15, 0.2) is 6.07 Å². The molecule has 0 aromatic heterocycles. The van der Waals surface area contributed by atoms with Gasteiger partial charge < -0.3 is 14.6 Å². The van der Waals surface area contributed by atoms with Crippen molar-refractivity contribution in [2.45, 2.75) is 38.5 Å². The van der Waals surface area contributed by atoms with Crippen LogP contribution < -0.4 is 9.47 Å². The Labute approximate surface area is 113 Å². The first-order chi connectivity index (χ1) is 8.97. The minimum Gasteiger partial charge on any atom is -0.496 e. The SMILES string of the molecule is COc1cc(C2(C(=O)O)CCC2)c(OC)c(C)c1C. The number of aliphatic carboxylic acids is 1. The summed E-state index contributed by atoms with van der Waals surface area (Å²) in [6.07, 6.45) is 2.25. The molecule has 0 heterocycles. The Morgan fingerprint density at radius 2 is 1.84 bits per heavy atom. The van der Waals surface area contributed by atoms with Gasteiger partial charge in [-0.3, -0.25) is 4.79 Å². The average molecular weight is 264 g/mol. The van der Waals surface area contributed by atoms with Crippen molar-refractivity contribution in [3.63, 3.8) is 0 Å². The molecule has 0 amide bonds. The number of rotatable bonds is 4.